The Kier molecular flexibility index (Phi) is 11.1. The van der Waals surface area contributed by atoms with Crippen LogP contribution in [0, 0.1) is 11.6 Å². The summed E-state index contributed by atoms with van der Waals surface area (Å²) in [5.41, 5.74) is 0.635. The fourth-order valence-electron chi connectivity index (χ4n) is 3.74. The molecule has 0 aromatic heterocycles. The van der Waals surface area contributed by atoms with Crippen molar-refractivity contribution in [3.8, 4) is 0 Å². The average molecular weight is 544 g/mol. The van der Waals surface area contributed by atoms with E-state index < -0.39 is 27.7 Å². The summed E-state index contributed by atoms with van der Waals surface area (Å²) in [5.74, 6) is -2.90. The minimum atomic E-state index is -3.83. The highest BCUT2D eigenvalue weighted by atomic mass is 35.5. The van der Waals surface area contributed by atoms with Crippen LogP contribution in [-0.4, -0.2) is 50.5 Å². The molecule has 7 nitrogen and oxygen atoms in total. The van der Waals surface area contributed by atoms with E-state index in [1.807, 2.05) is 6.92 Å². The lowest BCUT2D eigenvalue weighted by Crippen LogP contribution is -2.49. The smallest absolute Gasteiger partial charge is 0.242 e. The predicted octanol–water partition coefficient (Wildman–Crippen LogP) is 4.50. The van der Waals surface area contributed by atoms with Gasteiger partial charge in [-0.15, -0.1) is 0 Å². The Hall–Kier alpha value is -2.72. The van der Waals surface area contributed by atoms with E-state index in [-0.39, 0.29) is 43.4 Å². The molecule has 1 N–H and O–H groups in total. The minimum Gasteiger partial charge on any atom is -0.354 e. The van der Waals surface area contributed by atoms with Crippen molar-refractivity contribution in [3.63, 3.8) is 0 Å². The second kappa shape index (κ2) is 13.5. The first kappa shape index (κ1) is 29.5. The van der Waals surface area contributed by atoms with Gasteiger partial charge in [0.1, 0.15) is 6.04 Å². The van der Waals surface area contributed by atoms with Crippen molar-refractivity contribution in [2.24, 2.45) is 0 Å². The van der Waals surface area contributed by atoms with Crippen molar-refractivity contribution in [2.75, 3.05) is 23.7 Å². The molecule has 0 heterocycles. The fraction of sp³-hybridized carbons (Fsp3) is 0.440. The van der Waals surface area contributed by atoms with Gasteiger partial charge in [-0.3, -0.25) is 13.9 Å². The maximum atomic E-state index is 13.7. The van der Waals surface area contributed by atoms with Gasteiger partial charge in [-0.1, -0.05) is 43.6 Å². The number of hydrogen-bond donors (Lipinski definition) is 1. The van der Waals surface area contributed by atoms with Crippen molar-refractivity contribution in [1.82, 2.24) is 10.2 Å². The van der Waals surface area contributed by atoms with Crippen LogP contribution in [0.5, 0.6) is 0 Å². The summed E-state index contributed by atoms with van der Waals surface area (Å²) in [6, 6.07) is 9.09. The third-order valence-corrected chi connectivity index (χ3v) is 7.14. The molecular formula is C25H32ClF2N3O4S. The predicted molar refractivity (Wildman–Crippen MR) is 137 cm³/mol. The van der Waals surface area contributed by atoms with E-state index in [0.717, 1.165) is 35.2 Å². The quantitative estimate of drug-likeness (QED) is 0.403. The number of rotatable bonds is 13. The van der Waals surface area contributed by atoms with Crippen LogP contribution in [0.15, 0.2) is 42.5 Å². The molecule has 2 rings (SSSR count). The van der Waals surface area contributed by atoms with Crippen LogP contribution < -0.4 is 9.62 Å². The Bertz CT molecular complexity index is 1160. The largest absolute Gasteiger partial charge is 0.354 e. The number of nitrogens with zero attached hydrogens (tertiary/aromatic N) is 2. The number of halogens is 3. The molecule has 0 aliphatic heterocycles. The molecule has 2 amide bonds. The zero-order chi connectivity index (χ0) is 26.9. The van der Waals surface area contributed by atoms with E-state index >= 15 is 0 Å². The summed E-state index contributed by atoms with van der Waals surface area (Å²) in [6.45, 7) is 4.18. The summed E-state index contributed by atoms with van der Waals surface area (Å²) < 4.78 is 52.6. The zero-order valence-electron chi connectivity index (χ0n) is 20.6. The second-order valence-electron chi connectivity index (χ2n) is 8.37. The summed E-state index contributed by atoms with van der Waals surface area (Å²) >= 11 is 6.30. The van der Waals surface area contributed by atoms with E-state index in [9.17, 15) is 26.8 Å². The number of amides is 2. The van der Waals surface area contributed by atoms with E-state index in [0.29, 0.717) is 23.6 Å². The van der Waals surface area contributed by atoms with Crippen LogP contribution in [-0.2, 0) is 26.2 Å². The van der Waals surface area contributed by atoms with Gasteiger partial charge in [0, 0.05) is 37.1 Å². The van der Waals surface area contributed by atoms with Crippen molar-refractivity contribution >= 4 is 39.1 Å². The summed E-state index contributed by atoms with van der Waals surface area (Å²) in [7, 11) is -3.83. The average Bonchev–Trinajstić information content (AvgIpc) is 2.82. The molecule has 0 saturated carbocycles. The third-order valence-electron chi connectivity index (χ3n) is 5.58. The Morgan fingerprint density at radius 3 is 2.36 bits per heavy atom. The molecule has 0 bridgehead atoms. The SMILES string of the molecule is CCCNC(=O)[C@H](CC)N(Cc1ccccc1Cl)C(=O)CCCN(c1ccc(F)c(F)c1)S(C)(=O)=O. The first-order chi connectivity index (χ1) is 17.0. The number of sulfonamides is 1. The van der Waals surface area contributed by atoms with Gasteiger partial charge < -0.3 is 10.2 Å². The van der Waals surface area contributed by atoms with Gasteiger partial charge in [0.25, 0.3) is 0 Å². The van der Waals surface area contributed by atoms with Crippen molar-refractivity contribution in [1.29, 1.82) is 0 Å². The third kappa shape index (κ3) is 8.16. The van der Waals surface area contributed by atoms with Crippen LogP contribution in [0.4, 0.5) is 14.5 Å². The van der Waals surface area contributed by atoms with Gasteiger partial charge >= 0.3 is 0 Å². The monoisotopic (exact) mass is 543 g/mol. The van der Waals surface area contributed by atoms with Crippen LogP contribution >= 0.6 is 11.6 Å². The lowest BCUT2D eigenvalue weighted by Gasteiger charge is -2.31. The Labute approximate surface area is 216 Å². The molecule has 36 heavy (non-hydrogen) atoms. The molecule has 0 saturated heterocycles. The highest BCUT2D eigenvalue weighted by molar-refractivity contribution is 7.92. The number of nitrogens with one attached hydrogen (secondary N) is 1. The molecule has 0 spiro atoms. The number of carbonyl (C=O) groups excluding carboxylic acids is 2. The van der Waals surface area contributed by atoms with E-state index in [2.05, 4.69) is 5.32 Å². The Balaban J connectivity index is 2.23. The van der Waals surface area contributed by atoms with Crippen LogP contribution in [0.3, 0.4) is 0 Å². The molecule has 0 fully saturated rings. The first-order valence-corrected chi connectivity index (χ1v) is 14.0. The molecule has 0 aliphatic rings. The molecular weight excluding hydrogens is 512 g/mol. The van der Waals surface area contributed by atoms with Crippen molar-refractivity contribution in [2.45, 2.75) is 52.1 Å². The Morgan fingerprint density at radius 2 is 1.78 bits per heavy atom. The van der Waals surface area contributed by atoms with E-state index in [4.69, 9.17) is 11.6 Å². The van der Waals surface area contributed by atoms with Crippen molar-refractivity contribution < 1.29 is 26.8 Å². The number of anilines is 1. The molecule has 1 atom stereocenters. The van der Waals surface area contributed by atoms with Gasteiger partial charge in [0.15, 0.2) is 11.6 Å². The van der Waals surface area contributed by atoms with Crippen LogP contribution in [0.1, 0.15) is 45.1 Å². The lowest BCUT2D eigenvalue weighted by atomic mass is 10.1. The van der Waals surface area contributed by atoms with Gasteiger partial charge in [-0.05, 0) is 43.0 Å². The molecule has 0 radical (unpaired) electrons. The standard InChI is InChI=1S/C25H32ClF2N3O4S/c1-4-14-29-25(33)23(5-2)30(17-18-9-6-7-10-20(18)26)24(32)11-8-15-31(36(3,34)35)19-12-13-21(27)22(28)16-19/h6-7,9-10,12-13,16,23H,4-5,8,11,14-15,17H2,1-3H3,(H,29,33)/t23-/m0/s1. The summed E-state index contributed by atoms with van der Waals surface area (Å²) in [6.07, 6.45) is 2.08. The molecule has 2 aromatic rings. The molecule has 0 unspecified atom stereocenters. The van der Waals surface area contributed by atoms with Gasteiger partial charge in [0.05, 0.1) is 11.9 Å². The fourth-order valence-corrected chi connectivity index (χ4v) is 4.89. The molecule has 0 aliphatic carbocycles. The molecule has 2 aromatic carbocycles. The topological polar surface area (TPSA) is 86.8 Å². The maximum Gasteiger partial charge on any atom is 0.242 e. The molecule has 198 valence electrons. The normalized spacial score (nSPS) is 12.2. The lowest BCUT2D eigenvalue weighted by molar-refractivity contribution is -0.141. The highest BCUT2D eigenvalue weighted by Gasteiger charge is 2.29. The maximum absolute atomic E-state index is 13.7. The zero-order valence-corrected chi connectivity index (χ0v) is 22.2. The number of carbonyl (C=O) groups is 2. The number of hydrogen-bond acceptors (Lipinski definition) is 4. The van der Waals surface area contributed by atoms with Gasteiger partial charge in [-0.2, -0.15) is 0 Å². The second-order valence-corrected chi connectivity index (χ2v) is 10.7. The van der Waals surface area contributed by atoms with E-state index in [1.54, 1.807) is 31.2 Å². The summed E-state index contributed by atoms with van der Waals surface area (Å²) in [5, 5.41) is 3.28. The van der Waals surface area contributed by atoms with Crippen LogP contribution in [0.25, 0.3) is 0 Å². The minimum absolute atomic E-state index is 0.0397. The van der Waals surface area contributed by atoms with Crippen LogP contribution in [0.2, 0.25) is 5.02 Å². The first-order valence-electron chi connectivity index (χ1n) is 11.7. The molecule has 11 heteroatoms. The Morgan fingerprint density at radius 1 is 1.08 bits per heavy atom. The van der Waals surface area contributed by atoms with Crippen molar-refractivity contribution in [3.05, 3.63) is 64.7 Å². The van der Waals surface area contributed by atoms with Gasteiger partial charge in [0.2, 0.25) is 21.8 Å². The number of benzene rings is 2. The summed E-state index contributed by atoms with van der Waals surface area (Å²) in [4.78, 5) is 27.6. The van der Waals surface area contributed by atoms with Gasteiger partial charge in [-0.25, -0.2) is 17.2 Å². The van der Waals surface area contributed by atoms with E-state index in [1.165, 1.54) is 4.90 Å². The highest BCUT2D eigenvalue weighted by Crippen LogP contribution is 2.23.